The lowest BCUT2D eigenvalue weighted by Gasteiger charge is -2.17. The summed E-state index contributed by atoms with van der Waals surface area (Å²) in [6.45, 7) is 1.58. The molecule has 7 nitrogen and oxygen atoms in total. The van der Waals surface area contributed by atoms with Crippen molar-refractivity contribution >= 4 is 17.5 Å². The fourth-order valence-corrected chi connectivity index (χ4v) is 1.98. The zero-order chi connectivity index (χ0) is 18.2. The van der Waals surface area contributed by atoms with E-state index in [4.69, 9.17) is 5.26 Å². The molecule has 0 aromatic heterocycles. The summed E-state index contributed by atoms with van der Waals surface area (Å²) in [7, 11) is 1.46. The minimum atomic E-state index is -0.752. The molecule has 0 heterocycles. The van der Waals surface area contributed by atoms with Gasteiger partial charge in [-0.15, -0.1) is 5.11 Å². The summed E-state index contributed by atoms with van der Waals surface area (Å²) in [5.41, 5.74) is 1.50. The van der Waals surface area contributed by atoms with Gasteiger partial charge in [-0.1, -0.05) is 23.4 Å². The van der Waals surface area contributed by atoms with Crippen molar-refractivity contribution in [1.29, 1.82) is 5.26 Å². The molecule has 0 aliphatic carbocycles. The molecule has 2 rings (SSSR count). The Morgan fingerprint density at radius 2 is 1.76 bits per heavy atom. The van der Waals surface area contributed by atoms with Crippen molar-refractivity contribution in [3.8, 4) is 6.07 Å². The number of benzene rings is 2. The highest BCUT2D eigenvalue weighted by Crippen LogP contribution is 2.13. The summed E-state index contributed by atoms with van der Waals surface area (Å²) >= 11 is 0. The van der Waals surface area contributed by atoms with Crippen LogP contribution < -0.4 is 5.32 Å². The number of nitriles is 1. The molecule has 1 atom stereocenters. The second-order valence-electron chi connectivity index (χ2n) is 5.27. The third-order valence-electron chi connectivity index (χ3n) is 3.36. The lowest BCUT2D eigenvalue weighted by Crippen LogP contribution is -2.43. The normalized spacial score (nSPS) is 11.6. The van der Waals surface area contributed by atoms with Gasteiger partial charge in [-0.25, -0.2) is 5.01 Å². The van der Waals surface area contributed by atoms with Gasteiger partial charge in [0.2, 0.25) is 0 Å². The Hall–Kier alpha value is -3.53. The van der Waals surface area contributed by atoms with E-state index in [0.717, 1.165) is 5.01 Å². The summed E-state index contributed by atoms with van der Waals surface area (Å²) in [5, 5.41) is 20.2. The number of carbonyl (C=O) groups excluding carboxylic acids is 2. The van der Waals surface area contributed by atoms with Gasteiger partial charge in [0, 0.05) is 12.6 Å². The first-order chi connectivity index (χ1) is 12.0. The average molecular weight is 335 g/mol. The van der Waals surface area contributed by atoms with Crippen molar-refractivity contribution in [2.24, 2.45) is 10.3 Å². The molecule has 0 aliphatic heterocycles. The van der Waals surface area contributed by atoms with Gasteiger partial charge in [0.15, 0.2) is 0 Å². The van der Waals surface area contributed by atoms with Gasteiger partial charge in [-0.3, -0.25) is 9.59 Å². The van der Waals surface area contributed by atoms with E-state index in [1.54, 1.807) is 55.5 Å². The molecular weight excluding hydrogens is 318 g/mol. The minimum absolute atomic E-state index is 0.334. The number of amides is 2. The molecule has 0 spiro atoms. The lowest BCUT2D eigenvalue weighted by atomic mass is 10.2. The molecule has 0 unspecified atom stereocenters. The number of hydrogen-bond acceptors (Lipinski definition) is 5. The molecular formula is C18H17N5O2. The van der Waals surface area contributed by atoms with E-state index in [-0.39, 0.29) is 5.91 Å². The third kappa shape index (κ3) is 4.97. The molecule has 0 radical (unpaired) electrons. The maximum absolute atomic E-state index is 12.2. The highest BCUT2D eigenvalue weighted by Gasteiger charge is 2.20. The number of rotatable bonds is 5. The van der Waals surface area contributed by atoms with Crippen molar-refractivity contribution in [3.05, 3.63) is 65.7 Å². The van der Waals surface area contributed by atoms with Crippen molar-refractivity contribution in [3.63, 3.8) is 0 Å². The number of nitrogens with one attached hydrogen (secondary N) is 1. The summed E-state index contributed by atoms with van der Waals surface area (Å²) in [4.78, 5) is 24.3. The maximum Gasteiger partial charge on any atom is 0.266 e. The molecule has 0 saturated heterocycles. The molecule has 2 amide bonds. The van der Waals surface area contributed by atoms with Crippen LogP contribution in [0.25, 0.3) is 0 Å². The Kier molecular flexibility index (Phi) is 5.96. The monoisotopic (exact) mass is 335 g/mol. The number of carbonyl (C=O) groups is 2. The van der Waals surface area contributed by atoms with Gasteiger partial charge in [-0.2, -0.15) is 5.26 Å². The second-order valence-corrected chi connectivity index (χ2v) is 5.27. The first kappa shape index (κ1) is 17.8. The standard InChI is InChI=1S/C18H17N5O2/c1-13(20-17(24)15-6-4-3-5-7-15)18(25)23(2)22-21-16-10-8-14(12-19)9-11-16/h3-11,13H,1-2H3,(H,20,24)/t13-/m0/s1. The van der Waals surface area contributed by atoms with Crippen LogP contribution in [0.2, 0.25) is 0 Å². The summed E-state index contributed by atoms with van der Waals surface area (Å²) < 4.78 is 0. The zero-order valence-electron chi connectivity index (χ0n) is 13.9. The van der Waals surface area contributed by atoms with Gasteiger partial charge in [0.25, 0.3) is 11.8 Å². The third-order valence-corrected chi connectivity index (χ3v) is 3.36. The number of nitrogens with zero attached hydrogens (tertiary/aromatic N) is 4. The molecule has 25 heavy (non-hydrogen) atoms. The van der Waals surface area contributed by atoms with E-state index < -0.39 is 11.9 Å². The molecule has 1 N–H and O–H groups in total. The van der Waals surface area contributed by atoms with Gasteiger partial charge < -0.3 is 5.32 Å². The molecule has 0 saturated carbocycles. The van der Waals surface area contributed by atoms with Crippen molar-refractivity contribution in [2.45, 2.75) is 13.0 Å². The van der Waals surface area contributed by atoms with E-state index in [9.17, 15) is 9.59 Å². The van der Waals surface area contributed by atoms with Gasteiger partial charge in [0.05, 0.1) is 17.3 Å². The van der Waals surface area contributed by atoms with Crippen LogP contribution in [-0.4, -0.2) is 29.9 Å². The predicted molar refractivity (Wildman–Crippen MR) is 91.8 cm³/mol. The fraction of sp³-hybridized carbons (Fsp3) is 0.167. The molecule has 126 valence electrons. The van der Waals surface area contributed by atoms with Gasteiger partial charge in [0.1, 0.15) is 6.04 Å². The van der Waals surface area contributed by atoms with Crippen LogP contribution >= 0.6 is 0 Å². The first-order valence-corrected chi connectivity index (χ1v) is 7.56. The second kappa shape index (κ2) is 8.36. The smallest absolute Gasteiger partial charge is 0.266 e. The summed E-state index contributed by atoms with van der Waals surface area (Å²) in [6, 6.07) is 16.4. The Labute approximate surface area is 145 Å². The van der Waals surface area contributed by atoms with Crippen LogP contribution in [0, 0.1) is 11.3 Å². The van der Waals surface area contributed by atoms with Crippen LogP contribution in [0.4, 0.5) is 5.69 Å². The van der Waals surface area contributed by atoms with Gasteiger partial charge in [-0.05, 0) is 43.3 Å². The first-order valence-electron chi connectivity index (χ1n) is 7.56. The number of likely N-dealkylation sites (N-methyl/N-ethyl adjacent to an activating group) is 1. The minimum Gasteiger partial charge on any atom is -0.340 e. The molecule has 2 aromatic rings. The molecule has 0 fully saturated rings. The SMILES string of the molecule is C[C@H](NC(=O)c1ccccc1)C(=O)N(C)N=Nc1ccc(C#N)cc1. The molecule has 2 aromatic carbocycles. The van der Waals surface area contributed by atoms with E-state index in [1.807, 2.05) is 12.1 Å². The van der Waals surface area contributed by atoms with E-state index in [2.05, 4.69) is 15.7 Å². The van der Waals surface area contributed by atoms with E-state index in [0.29, 0.717) is 16.8 Å². The van der Waals surface area contributed by atoms with E-state index in [1.165, 1.54) is 7.05 Å². The maximum atomic E-state index is 12.2. The Morgan fingerprint density at radius 3 is 2.36 bits per heavy atom. The zero-order valence-corrected chi connectivity index (χ0v) is 13.9. The number of hydrogen-bond donors (Lipinski definition) is 1. The van der Waals surface area contributed by atoms with Crippen molar-refractivity contribution in [1.82, 2.24) is 10.3 Å². The summed E-state index contributed by atoms with van der Waals surface area (Å²) in [6.07, 6.45) is 0. The predicted octanol–water partition coefficient (Wildman–Crippen LogP) is 2.83. The van der Waals surface area contributed by atoms with Crippen LogP contribution in [0.5, 0.6) is 0 Å². The van der Waals surface area contributed by atoms with Crippen LogP contribution in [0.3, 0.4) is 0 Å². The lowest BCUT2D eigenvalue weighted by molar-refractivity contribution is -0.131. The van der Waals surface area contributed by atoms with Crippen LogP contribution in [0.1, 0.15) is 22.8 Å². The van der Waals surface area contributed by atoms with Crippen LogP contribution in [-0.2, 0) is 4.79 Å². The Bertz CT molecular complexity index is 810. The van der Waals surface area contributed by atoms with Gasteiger partial charge >= 0.3 is 0 Å². The molecule has 0 bridgehead atoms. The highest BCUT2D eigenvalue weighted by molar-refractivity contribution is 5.97. The quantitative estimate of drug-likeness (QED) is 0.672. The van der Waals surface area contributed by atoms with Crippen LogP contribution in [0.15, 0.2) is 64.9 Å². The average Bonchev–Trinajstić information content (AvgIpc) is 2.66. The Morgan fingerprint density at radius 1 is 1.12 bits per heavy atom. The molecule has 7 heteroatoms. The molecule has 0 aliphatic rings. The van der Waals surface area contributed by atoms with Crippen molar-refractivity contribution < 1.29 is 9.59 Å². The van der Waals surface area contributed by atoms with E-state index >= 15 is 0 Å². The highest BCUT2D eigenvalue weighted by atomic mass is 16.2. The largest absolute Gasteiger partial charge is 0.340 e. The summed E-state index contributed by atoms with van der Waals surface area (Å²) in [5.74, 6) is -0.736. The topological polar surface area (TPSA) is 97.9 Å². The van der Waals surface area contributed by atoms with Crippen molar-refractivity contribution in [2.75, 3.05) is 7.05 Å². The fourth-order valence-electron chi connectivity index (χ4n) is 1.98. The Balaban J connectivity index is 1.95.